The quantitative estimate of drug-likeness (QED) is 0.578. The first-order valence-corrected chi connectivity index (χ1v) is 8.86. The summed E-state index contributed by atoms with van der Waals surface area (Å²) in [6.07, 6.45) is -0.714. The molecule has 0 saturated heterocycles. The number of anilines is 1. The first-order valence-electron chi connectivity index (χ1n) is 8.11. The fourth-order valence-corrected chi connectivity index (χ4v) is 2.88. The third kappa shape index (κ3) is 4.57. The normalized spacial score (nSPS) is 11.7. The number of nitrogens with one attached hydrogen (secondary N) is 1. The lowest BCUT2D eigenvalue weighted by atomic mass is 10.1. The smallest absolute Gasteiger partial charge is 0.265 e. The highest BCUT2D eigenvalue weighted by Gasteiger charge is 2.17. The Bertz CT molecular complexity index is 913. The van der Waals surface area contributed by atoms with Gasteiger partial charge in [0.15, 0.2) is 6.10 Å². The van der Waals surface area contributed by atoms with Crippen molar-refractivity contribution >= 4 is 34.8 Å². The monoisotopic (exact) mass is 385 g/mol. The minimum Gasteiger partial charge on any atom is -0.479 e. The van der Waals surface area contributed by atoms with Gasteiger partial charge in [0.25, 0.3) is 5.91 Å². The Morgan fingerprint density at radius 3 is 2.38 bits per heavy atom. The van der Waals surface area contributed by atoms with Crippen molar-refractivity contribution in [2.75, 3.05) is 5.32 Å². The van der Waals surface area contributed by atoms with Crippen molar-refractivity contribution < 1.29 is 9.53 Å². The molecular formula is C21H17Cl2NO2. The van der Waals surface area contributed by atoms with Crippen LogP contribution < -0.4 is 10.1 Å². The Balaban J connectivity index is 1.69. The van der Waals surface area contributed by atoms with E-state index in [2.05, 4.69) is 5.32 Å². The van der Waals surface area contributed by atoms with Gasteiger partial charge in [0.2, 0.25) is 0 Å². The van der Waals surface area contributed by atoms with Crippen LogP contribution in [0.3, 0.4) is 0 Å². The highest BCUT2D eigenvalue weighted by atomic mass is 35.5. The summed E-state index contributed by atoms with van der Waals surface area (Å²) in [4.78, 5) is 12.3. The van der Waals surface area contributed by atoms with Crippen LogP contribution in [0.15, 0.2) is 72.8 Å². The maximum Gasteiger partial charge on any atom is 0.265 e. The molecule has 0 unspecified atom stereocenters. The molecule has 3 aromatic rings. The number of carbonyl (C=O) groups excluding carboxylic acids is 1. The zero-order valence-electron chi connectivity index (χ0n) is 14.1. The predicted octanol–water partition coefficient (Wildman–Crippen LogP) is 6.07. The summed E-state index contributed by atoms with van der Waals surface area (Å²) in [5, 5.41) is 3.77. The van der Waals surface area contributed by atoms with Gasteiger partial charge in [-0.1, -0.05) is 65.7 Å². The summed E-state index contributed by atoms with van der Waals surface area (Å²) in [6, 6.07) is 22.4. The van der Waals surface area contributed by atoms with Gasteiger partial charge in [-0.05, 0) is 48.4 Å². The second-order valence-electron chi connectivity index (χ2n) is 5.77. The van der Waals surface area contributed by atoms with Gasteiger partial charge >= 0.3 is 0 Å². The number of benzene rings is 3. The summed E-state index contributed by atoms with van der Waals surface area (Å²) in [5.41, 5.74) is 2.66. The molecule has 0 fully saturated rings. The topological polar surface area (TPSA) is 38.3 Å². The molecule has 1 amide bonds. The van der Waals surface area contributed by atoms with Crippen LogP contribution in [0.5, 0.6) is 5.75 Å². The molecule has 3 rings (SSSR count). The van der Waals surface area contributed by atoms with Gasteiger partial charge in [-0.2, -0.15) is 0 Å². The first kappa shape index (κ1) is 18.3. The van der Waals surface area contributed by atoms with Crippen molar-refractivity contribution in [2.24, 2.45) is 0 Å². The molecule has 0 aliphatic carbocycles. The fraction of sp³-hybridized carbons (Fsp3) is 0.0952. The molecule has 132 valence electrons. The van der Waals surface area contributed by atoms with Crippen LogP contribution in [0.1, 0.15) is 6.92 Å². The lowest BCUT2D eigenvalue weighted by Gasteiger charge is -2.16. The van der Waals surface area contributed by atoms with E-state index < -0.39 is 6.10 Å². The van der Waals surface area contributed by atoms with E-state index >= 15 is 0 Å². The molecule has 26 heavy (non-hydrogen) atoms. The molecule has 0 aromatic heterocycles. The van der Waals surface area contributed by atoms with Crippen LogP contribution in [0.2, 0.25) is 10.0 Å². The number of hydrogen-bond acceptors (Lipinski definition) is 2. The molecule has 5 heteroatoms. The zero-order valence-corrected chi connectivity index (χ0v) is 15.6. The molecule has 0 radical (unpaired) electrons. The Hall–Kier alpha value is -2.49. The maximum atomic E-state index is 12.3. The van der Waals surface area contributed by atoms with Gasteiger partial charge < -0.3 is 10.1 Å². The van der Waals surface area contributed by atoms with Crippen molar-refractivity contribution in [2.45, 2.75) is 13.0 Å². The predicted molar refractivity (Wildman–Crippen MR) is 107 cm³/mol. The zero-order chi connectivity index (χ0) is 18.5. The van der Waals surface area contributed by atoms with Crippen LogP contribution >= 0.6 is 23.2 Å². The van der Waals surface area contributed by atoms with Crippen molar-refractivity contribution in [1.82, 2.24) is 0 Å². The fourth-order valence-electron chi connectivity index (χ4n) is 2.46. The molecule has 3 aromatic carbocycles. The second-order valence-corrected chi connectivity index (χ2v) is 6.61. The average molecular weight is 386 g/mol. The van der Waals surface area contributed by atoms with E-state index in [1.807, 2.05) is 42.5 Å². The number of carbonyl (C=O) groups is 1. The van der Waals surface area contributed by atoms with Crippen LogP contribution in [-0.4, -0.2) is 12.0 Å². The average Bonchev–Trinajstić information content (AvgIpc) is 2.64. The van der Waals surface area contributed by atoms with E-state index in [-0.39, 0.29) is 5.91 Å². The lowest BCUT2D eigenvalue weighted by molar-refractivity contribution is -0.122. The van der Waals surface area contributed by atoms with E-state index in [0.29, 0.717) is 21.5 Å². The van der Waals surface area contributed by atoms with Crippen LogP contribution in [0.4, 0.5) is 5.69 Å². The maximum absolute atomic E-state index is 12.3. The third-order valence-electron chi connectivity index (χ3n) is 3.80. The van der Waals surface area contributed by atoms with E-state index in [1.165, 1.54) is 0 Å². The molecule has 0 heterocycles. The molecule has 1 atom stereocenters. The van der Waals surface area contributed by atoms with E-state index in [1.54, 1.807) is 37.3 Å². The van der Waals surface area contributed by atoms with Crippen LogP contribution in [0.25, 0.3) is 11.1 Å². The van der Waals surface area contributed by atoms with Crippen molar-refractivity contribution in [3.63, 3.8) is 0 Å². The summed E-state index contributed by atoms with van der Waals surface area (Å²) in [5.74, 6) is 0.176. The van der Waals surface area contributed by atoms with Gasteiger partial charge in [0, 0.05) is 10.7 Å². The van der Waals surface area contributed by atoms with Crippen LogP contribution in [0, 0.1) is 0 Å². The Labute approximate surface area is 162 Å². The Morgan fingerprint density at radius 1 is 0.923 bits per heavy atom. The van der Waals surface area contributed by atoms with E-state index in [4.69, 9.17) is 27.9 Å². The second kappa shape index (κ2) is 8.26. The van der Waals surface area contributed by atoms with Gasteiger partial charge in [-0.15, -0.1) is 0 Å². The van der Waals surface area contributed by atoms with Crippen molar-refractivity contribution in [3.05, 3.63) is 82.8 Å². The molecule has 0 bridgehead atoms. The van der Waals surface area contributed by atoms with Gasteiger partial charge in [-0.25, -0.2) is 0 Å². The van der Waals surface area contributed by atoms with E-state index in [0.717, 1.165) is 11.1 Å². The molecule has 3 nitrogen and oxygen atoms in total. The summed E-state index contributed by atoms with van der Waals surface area (Å²) >= 11 is 12.3. The standard InChI is InChI=1S/C21H17Cl2NO2/c1-14(21(25)24-18-9-5-8-17(22)13-18)26-20-11-10-16(12-19(20)23)15-6-3-2-4-7-15/h2-14H,1H3,(H,24,25)/t14-/m1/s1. The third-order valence-corrected chi connectivity index (χ3v) is 4.33. The minimum atomic E-state index is -0.714. The number of hydrogen-bond donors (Lipinski definition) is 1. The van der Waals surface area contributed by atoms with E-state index in [9.17, 15) is 4.79 Å². The molecular weight excluding hydrogens is 369 g/mol. The number of halogens is 2. The largest absolute Gasteiger partial charge is 0.479 e. The lowest BCUT2D eigenvalue weighted by Crippen LogP contribution is -2.30. The highest BCUT2D eigenvalue weighted by molar-refractivity contribution is 6.32. The Morgan fingerprint density at radius 2 is 1.69 bits per heavy atom. The summed E-state index contributed by atoms with van der Waals surface area (Å²) in [6.45, 7) is 1.67. The highest BCUT2D eigenvalue weighted by Crippen LogP contribution is 2.31. The summed E-state index contributed by atoms with van der Waals surface area (Å²) in [7, 11) is 0. The van der Waals surface area contributed by atoms with Gasteiger partial charge in [0.1, 0.15) is 5.75 Å². The number of amides is 1. The van der Waals surface area contributed by atoms with Crippen LogP contribution in [-0.2, 0) is 4.79 Å². The first-order chi connectivity index (χ1) is 12.5. The molecule has 0 saturated carbocycles. The van der Waals surface area contributed by atoms with Crippen molar-refractivity contribution in [1.29, 1.82) is 0 Å². The minimum absolute atomic E-state index is 0.282. The number of ether oxygens (including phenoxy) is 1. The van der Waals surface area contributed by atoms with Crippen molar-refractivity contribution in [3.8, 4) is 16.9 Å². The Kier molecular flexibility index (Phi) is 5.82. The van der Waals surface area contributed by atoms with Gasteiger partial charge in [-0.3, -0.25) is 4.79 Å². The van der Waals surface area contributed by atoms with Gasteiger partial charge in [0.05, 0.1) is 5.02 Å². The summed E-state index contributed by atoms with van der Waals surface area (Å²) < 4.78 is 5.72. The molecule has 0 aliphatic heterocycles. The SMILES string of the molecule is C[C@@H](Oc1ccc(-c2ccccc2)cc1Cl)C(=O)Nc1cccc(Cl)c1. The molecule has 0 spiro atoms. The molecule has 1 N–H and O–H groups in total. The number of rotatable bonds is 5. The molecule has 0 aliphatic rings.